The van der Waals surface area contributed by atoms with Crippen molar-refractivity contribution in [2.24, 2.45) is 15.8 Å². The van der Waals surface area contributed by atoms with E-state index in [0.717, 1.165) is 5.56 Å². The lowest BCUT2D eigenvalue weighted by molar-refractivity contribution is 0.299. The summed E-state index contributed by atoms with van der Waals surface area (Å²) in [7, 11) is 0. The third-order valence-corrected chi connectivity index (χ3v) is 4.36. The molecule has 8 nitrogen and oxygen atoms in total. The number of furan rings is 1. The molecule has 0 saturated heterocycles. The second-order valence-electron chi connectivity index (χ2n) is 6.14. The molecule has 2 N–H and O–H groups in total. The molecule has 130 valence electrons. The van der Waals surface area contributed by atoms with Crippen LogP contribution in [-0.2, 0) is 6.54 Å². The van der Waals surface area contributed by atoms with Crippen molar-refractivity contribution in [2.45, 2.75) is 12.5 Å². The Morgan fingerprint density at radius 3 is 2.85 bits per heavy atom. The maximum Gasteiger partial charge on any atom is 0.224 e. The molecule has 5 rings (SSSR count). The lowest BCUT2D eigenvalue weighted by Gasteiger charge is -2.17. The smallest absolute Gasteiger partial charge is 0.224 e. The zero-order valence-electron chi connectivity index (χ0n) is 13.6. The van der Waals surface area contributed by atoms with Gasteiger partial charge in [-0.25, -0.2) is 9.37 Å². The average Bonchev–Trinajstić information content (AvgIpc) is 3.34. The maximum atomic E-state index is 13.1. The molecule has 2 aliphatic rings. The van der Waals surface area contributed by atoms with Gasteiger partial charge in [0.1, 0.15) is 17.6 Å². The number of nitrogens with two attached hydrogens (primary N) is 1. The van der Waals surface area contributed by atoms with Gasteiger partial charge in [-0.05, 0) is 29.8 Å². The van der Waals surface area contributed by atoms with Crippen LogP contribution < -0.4 is 5.73 Å². The molecule has 2 aromatic heterocycles. The van der Waals surface area contributed by atoms with Gasteiger partial charge in [-0.2, -0.15) is 14.8 Å². The van der Waals surface area contributed by atoms with Crippen molar-refractivity contribution in [3.8, 4) is 11.6 Å². The van der Waals surface area contributed by atoms with Crippen molar-refractivity contribution in [1.29, 1.82) is 0 Å². The number of halogens is 1. The summed E-state index contributed by atoms with van der Waals surface area (Å²) in [6, 6.07) is 9.93. The number of aromatic nitrogens is 3. The summed E-state index contributed by atoms with van der Waals surface area (Å²) in [5.41, 5.74) is 6.98. The predicted molar refractivity (Wildman–Crippen MR) is 91.7 cm³/mol. The van der Waals surface area contributed by atoms with E-state index in [4.69, 9.17) is 10.2 Å². The third-order valence-electron chi connectivity index (χ3n) is 4.36. The zero-order valence-corrected chi connectivity index (χ0v) is 13.6. The molecule has 9 heteroatoms. The van der Waals surface area contributed by atoms with Crippen molar-refractivity contribution in [3.05, 3.63) is 59.9 Å². The minimum absolute atomic E-state index is 0.126. The highest BCUT2D eigenvalue weighted by Crippen LogP contribution is 2.30. The van der Waals surface area contributed by atoms with E-state index in [9.17, 15) is 4.39 Å². The zero-order chi connectivity index (χ0) is 17.7. The second kappa shape index (κ2) is 5.51. The summed E-state index contributed by atoms with van der Waals surface area (Å²) in [5, 5.41) is 10.8. The Bertz CT molecular complexity index is 1020. The van der Waals surface area contributed by atoms with Crippen molar-refractivity contribution in [1.82, 2.24) is 19.8 Å². The van der Waals surface area contributed by atoms with Crippen molar-refractivity contribution >= 4 is 11.8 Å². The van der Waals surface area contributed by atoms with E-state index >= 15 is 0 Å². The minimum atomic E-state index is -0.258. The lowest BCUT2D eigenvalue weighted by atomic mass is 10.1. The first-order valence-corrected chi connectivity index (χ1v) is 8.10. The van der Waals surface area contributed by atoms with Gasteiger partial charge < -0.3 is 10.2 Å². The molecule has 1 atom stereocenters. The van der Waals surface area contributed by atoms with E-state index < -0.39 is 0 Å². The summed E-state index contributed by atoms with van der Waals surface area (Å²) in [6.45, 7) is 1.15. The van der Waals surface area contributed by atoms with Crippen LogP contribution in [0.25, 0.3) is 11.6 Å². The Labute approximate surface area is 147 Å². The standard InChI is InChI=1S/C17H14FN7O/c18-11-5-3-10(4-6-11)8-24-9-12-14(22-24)21-17(19)25-16(12)20-15(23-25)13-2-1-7-26-13/h1-7,12H,8-9H2,(H2,19,21,22). The Morgan fingerprint density at radius 1 is 1.23 bits per heavy atom. The van der Waals surface area contributed by atoms with Gasteiger partial charge in [0.15, 0.2) is 11.6 Å². The molecular formula is C17H14FN7O. The van der Waals surface area contributed by atoms with Gasteiger partial charge in [-0.3, -0.25) is 5.01 Å². The van der Waals surface area contributed by atoms with Crippen LogP contribution in [0.15, 0.2) is 57.2 Å². The molecular weight excluding hydrogens is 337 g/mol. The summed E-state index contributed by atoms with van der Waals surface area (Å²) >= 11 is 0. The normalized spacial score (nSPS) is 18.3. The molecule has 1 unspecified atom stereocenters. The molecule has 0 saturated carbocycles. The predicted octanol–water partition coefficient (Wildman–Crippen LogP) is 1.77. The second-order valence-corrected chi connectivity index (χ2v) is 6.14. The fourth-order valence-electron chi connectivity index (χ4n) is 3.14. The number of hydrogen-bond acceptors (Lipinski definition) is 7. The topological polar surface area (TPSA) is 97.8 Å². The van der Waals surface area contributed by atoms with Crippen LogP contribution in [-0.4, -0.2) is 38.1 Å². The van der Waals surface area contributed by atoms with E-state index in [1.165, 1.54) is 16.8 Å². The van der Waals surface area contributed by atoms with Crippen LogP contribution in [0.2, 0.25) is 0 Å². The van der Waals surface area contributed by atoms with Crippen LogP contribution in [0.5, 0.6) is 0 Å². The molecule has 4 heterocycles. The van der Waals surface area contributed by atoms with Crippen molar-refractivity contribution < 1.29 is 8.81 Å². The minimum Gasteiger partial charge on any atom is -0.461 e. The SMILES string of the molecule is NC1=NC2=NN(Cc3ccc(F)cc3)CC2c2nc(-c3ccco3)nn21. The molecule has 3 aromatic rings. The Hall–Kier alpha value is -3.49. The molecule has 26 heavy (non-hydrogen) atoms. The molecule has 0 amide bonds. The number of aliphatic imine (C=N–C) groups is 1. The number of nitrogens with zero attached hydrogens (tertiary/aromatic N) is 6. The summed E-state index contributed by atoms with van der Waals surface area (Å²) in [5.74, 6) is 2.16. The van der Waals surface area contributed by atoms with E-state index in [2.05, 4.69) is 20.2 Å². The molecule has 0 radical (unpaired) electrons. The summed E-state index contributed by atoms with van der Waals surface area (Å²) in [6.07, 6.45) is 1.57. The van der Waals surface area contributed by atoms with Crippen LogP contribution in [0, 0.1) is 5.82 Å². The fraction of sp³-hybridized carbons (Fsp3) is 0.176. The van der Waals surface area contributed by atoms with Gasteiger partial charge in [0.2, 0.25) is 11.8 Å². The van der Waals surface area contributed by atoms with E-state index in [1.54, 1.807) is 30.5 Å². The summed E-state index contributed by atoms with van der Waals surface area (Å²) < 4.78 is 20.0. The molecule has 1 aromatic carbocycles. The van der Waals surface area contributed by atoms with E-state index in [0.29, 0.717) is 36.3 Å². The molecule has 0 aliphatic carbocycles. The third kappa shape index (κ3) is 2.36. The maximum absolute atomic E-state index is 13.1. The van der Waals surface area contributed by atoms with Crippen molar-refractivity contribution in [2.75, 3.05) is 6.54 Å². The average molecular weight is 351 g/mol. The first-order valence-electron chi connectivity index (χ1n) is 8.10. The van der Waals surface area contributed by atoms with Gasteiger partial charge in [-0.15, -0.1) is 5.10 Å². The monoisotopic (exact) mass is 351 g/mol. The quantitative estimate of drug-likeness (QED) is 0.775. The highest BCUT2D eigenvalue weighted by atomic mass is 19.1. The first-order chi connectivity index (χ1) is 12.7. The van der Waals surface area contributed by atoms with Gasteiger partial charge in [-0.1, -0.05) is 12.1 Å². The number of fused-ring (bicyclic) bond motifs is 3. The first kappa shape index (κ1) is 14.8. The molecule has 2 aliphatic heterocycles. The number of hydrazone groups is 1. The Kier molecular flexibility index (Phi) is 3.14. The number of rotatable bonds is 3. The fourth-order valence-corrected chi connectivity index (χ4v) is 3.14. The molecule has 0 fully saturated rings. The van der Waals surface area contributed by atoms with Gasteiger partial charge in [0, 0.05) is 0 Å². The number of amidine groups is 1. The Morgan fingerprint density at radius 2 is 2.08 bits per heavy atom. The van der Waals surface area contributed by atoms with Crippen LogP contribution >= 0.6 is 0 Å². The van der Waals surface area contributed by atoms with E-state index in [-0.39, 0.29) is 17.7 Å². The van der Waals surface area contributed by atoms with Crippen LogP contribution in [0.3, 0.4) is 0 Å². The van der Waals surface area contributed by atoms with Crippen LogP contribution in [0.4, 0.5) is 4.39 Å². The van der Waals surface area contributed by atoms with E-state index in [1.807, 2.05) is 5.01 Å². The van der Waals surface area contributed by atoms with Crippen LogP contribution in [0.1, 0.15) is 17.3 Å². The van der Waals surface area contributed by atoms with Gasteiger partial charge in [0.25, 0.3) is 0 Å². The number of hydrogen-bond donors (Lipinski definition) is 1. The van der Waals surface area contributed by atoms with Gasteiger partial charge in [0.05, 0.1) is 19.4 Å². The van der Waals surface area contributed by atoms with Crippen molar-refractivity contribution in [3.63, 3.8) is 0 Å². The molecule has 0 spiro atoms. The molecule has 0 bridgehead atoms. The lowest BCUT2D eigenvalue weighted by Crippen LogP contribution is -2.34. The van der Waals surface area contributed by atoms with Gasteiger partial charge >= 0.3 is 0 Å². The summed E-state index contributed by atoms with van der Waals surface area (Å²) in [4.78, 5) is 8.94. The highest BCUT2D eigenvalue weighted by molar-refractivity contribution is 6.03. The number of benzene rings is 1. The Balaban J connectivity index is 1.44. The largest absolute Gasteiger partial charge is 0.461 e. The highest BCUT2D eigenvalue weighted by Gasteiger charge is 2.37.